The van der Waals surface area contributed by atoms with E-state index < -0.39 is 0 Å². The van der Waals surface area contributed by atoms with Gasteiger partial charge in [0, 0.05) is 17.8 Å². The second-order valence-corrected chi connectivity index (χ2v) is 5.63. The third-order valence-electron chi connectivity index (χ3n) is 2.75. The van der Waals surface area contributed by atoms with E-state index in [0.29, 0.717) is 12.1 Å². The highest BCUT2D eigenvalue weighted by Gasteiger charge is 2.13. The number of nitrogen functional groups attached to an aromatic ring is 1. The van der Waals surface area contributed by atoms with Crippen LogP contribution < -0.4 is 11.1 Å². The van der Waals surface area contributed by atoms with Gasteiger partial charge in [-0.15, -0.1) is 0 Å². The van der Waals surface area contributed by atoms with E-state index >= 15 is 0 Å². The Labute approximate surface area is 103 Å². The van der Waals surface area contributed by atoms with Crippen molar-refractivity contribution in [2.24, 2.45) is 5.41 Å². The first-order chi connectivity index (χ1) is 7.79. The van der Waals surface area contributed by atoms with Gasteiger partial charge in [0.1, 0.15) is 0 Å². The standard InChI is InChI=1S/C14H22N2O/c1-10-11(15)6-5-7-12(10)16-13(17)8-9-14(2,3)4/h5-7H,8-9,15H2,1-4H3,(H,16,17). The van der Waals surface area contributed by atoms with Gasteiger partial charge in [-0.25, -0.2) is 0 Å². The summed E-state index contributed by atoms with van der Waals surface area (Å²) in [5.74, 6) is 0.0497. The molecule has 0 radical (unpaired) electrons. The van der Waals surface area contributed by atoms with Gasteiger partial charge in [-0.05, 0) is 36.5 Å². The number of rotatable bonds is 3. The molecule has 1 amide bonds. The van der Waals surface area contributed by atoms with Crippen molar-refractivity contribution in [1.82, 2.24) is 0 Å². The monoisotopic (exact) mass is 234 g/mol. The van der Waals surface area contributed by atoms with Gasteiger partial charge in [0.15, 0.2) is 0 Å². The van der Waals surface area contributed by atoms with Crippen molar-refractivity contribution in [3.63, 3.8) is 0 Å². The van der Waals surface area contributed by atoms with Crippen molar-refractivity contribution in [2.45, 2.75) is 40.5 Å². The minimum absolute atomic E-state index is 0.0497. The Morgan fingerprint density at radius 2 is 2.00 bits per heavy atom. The number of hydrogen-bond acceptors (Lipinski definition) is 2. The van der Waals surface area contributed by atoms with Gasteiger partial charge in [0.05, 0.1) is 0 Å². The average molecular weight is 234 g/mol. The van der Waals surface area contributed by atoms with Crippen molar-refractivity contribution in [3.05, 3.63) is 23.8 Å². The maximum absolute atomic E-state index is 11.8. The lowest BCUT2D eigenvalue weighted by Gasteiger charge is -2.17. The predicted molar refractivity (Wildman–Crippen MR) is 72.9 cm³/mol. The molecular formula is C14H22N2O. The Morgan fingerprint density at radius 1 is 1.35 bits per heavy atom. The fourth-order valence-electron chi connectivity index (χ4n) is 1.49. The van der Waals surface area contributed by atoms with Crippen molar-refractivity contribution in [1.29, 1.82) is 0 Å². The molecule has 3 nitrogen and oxygen atoms in total. The van der Waals surface area contributed by atoms with Gasteiger partial charge in [0.2, 0.25) is 5.91 Å². The number of anilines is 2. The molecule has 1 rings (SSSR count). The Kier molecular flexibility index (Phi) is 4.16. The first kappa shape index (κ1) is 13.6. The van der Waals surface area contributed by atoms with E-state index in [-0.39, 0.29) is 11.3 Å². The Balaban J connectivity index is 2.60. The summed E-state index contributed by atoms with van der Waals surface area (Å²) in [6.07, 6.45) is 1.41. The van der Waals surface area contributed by atoms with Gasteiger partial charge < -0.3 is 11.1 Å². The third-order valence-corrected chi connectivity index (χ3v) is 2.75. The third kappa shape index (κ3) is 4.47. The van der Waals surface area contributed by atoms with Crippen LogP contribution in [-0.4, -0.2) is 5.91 Å². The van der Waals surface area contributed by atoms with Crippen molar-refractivity contribution >= 4 is 17.3 Å². The number of benzene rings is 1. The molecule has 0 aliphatic rings. The topological polar surface area (TPSA) is 55.1 Å². The number of carbonyl (C=O) groups is 1. The molecule has 3 N–H and O–H groups in total. The van der Waals surface area contributed by atoms with E-state index in [1.807, 2.05) is 25.1 Å². The Morgan fingerprint density at radius 3 is 2.59 bits per heavy atom. The van der Waals surface area contributed by atoms with E-state index in [0.717, 1.165) is 17.7 Å². The average Bonchev–Trinajstić information content (AvgIpc) is 2.21. The molecule has 0 spiro atoms. The molecule has 0 unspecified atom stereocenters. The molecule has 94 valence electrons. The summed E-state index contributed by atoms with van der Waals surface area (Å²) in [5, 5.41) is 2.90. The second kappa shape index (κ2) is 5.21. The molecule has 17 heavy (non-hydrogen) atoms. The number of amides is 1. The van der Waals surface area contributed by atoms with Crippen LogP contribution in [-0.2, 0) is 4.79 Å². The highest BCUT2D eigenvalue weighted by Crippen LogP contribution is 2.23. The Bertz CT molecular complexity index is 405. The van der Waals surface area contributed by atoms with Crippen LogP contribution in [0.15, 0.2) is 18.2 Å². The van der Waals surface area contributed by atoms with Crippen molar-refractivity contribution < 1.29 is 4.79 Å². The highest BCUT2D eigenvalue weighted by atomic mass is 16.1. The molecule has 0 bridgehead atoms. The van der Waals surface area contributed by atoms with E-state index in [9.17, 15) is 4.79 Å². The van der Waals surface area contributed by atoms with Gasteiger partial charge in [0.25, 0.3) is 0 Å². The van der Waals surface area contributed by atoms with Gasteiger partial charge in [-0.3, -0.25) is 4.79 Å². The number of nitrogens with two attached hydrogens (primary N) is 1. The Hall–Kier alpha value is -1.51. The van der Waals surface area contributed by atoms with E-state index in [1.165, 1.54) is 0 Å². The van der Waals surface area contributed by atoms with Gasteiger partial charge >= 0.3 is 0 Å². The lowest BCUT2D eigenvalue weighted by Crippen LogP contribution is -2.16. The van der Waals surface area contributed by atoms with Gasteiger partial charge in [-0.1, -0.05) is 26.8 Å². The number of carbonyl (C=O) groups excluding carboxylic acids is 1. The van der Waals surface area contributed by atoms with Crippen LogP contribution in [0.25, 0.3) is 0 Å². The zero-order chi connectivity index (χ0) is 13.1. The lowest BCUT2D eigenvalue weighted by atomic mass is 9.90. The summed E-state index contributed by atoms with van der Waals surface area (Å²) in [6, 6.07) is 5.56. The fraction of sp³-hybridized carbons (Fsp3) is 0.500. The zero-order valence-electron chi connectivity index (χ0n) is 11.1. The maximum Gasteiger partial charge on any atom is 0.224 e. The van der Waals surface area contributed by atoms with Gasteiger partial charge in [-0.2, -0.15) is 0 Å². The quantitative estimate of drug-likeness (QED) is 0.788. The maximum atomic E-state index is 11.8. The molecule has 3 heteroatoms. The molecule has 0 aromatic heterocycles. The van der Waals surface area contributed by atoms with Crippen LogP contribution in [0.4, 0.5) is 11.4 Å². The molecule has 0 fully saturated rings. The normalized spacial score (nSPS) is 11.3. The zero-order valence-corrected chi connectivity index (χ0v) is 11.1. The summed E-state index contributed by atoms with van der Waals surface area (Å²) in [5.41, 5.74) is 8.41. The number of nitrogens with one attached hydrogen (secondary N) is 1. The smallest absolute Gasteiger partial charge is 0.224 e. The summed E-state index contributed by atoms with van der Waals surface area (Å²) in [4.78, 5) is 11.8. The van der Waals surface area contributed by atoms with E-state index in [4.69, 9.17) is 5.73 Å². The largest absolute Gasteiger partial charge is 0.398 e. The molecule has 0 atom stereocenters. The minimum Gasteiger partial charge on any atom is -0.398 e. The molecule has 0 aliphatic heterocycles. The molecular weight excluding hydrogens is 212 g/mol. The lowest BCUT2D eigenvalue weighted by molar-refractivity contribution is -0.116. The summed E-state index contributed by atoms with van der Waals surface area (Å²) in [6.45, 7) is 8.30. The van der Waals surface area contributed by atoms with Crippen LogP contribution >= 0.6 is 0 Å². The molecule has 0 saturated carbocycles. The van der Waals surface area contributed by atoms with Crippen LogP contribution in [0.1, 0.15) is 39.2 Å². The first-order valence-corrected chi connectivity index (χ1v) is 5.94. The van der Waals surface area contributed by atoms with Crippen molar-refractivity contribution in [3.8, 4) is 0 Å². The molecule has 1 aromatic rings. The van der Waals surface area contributed by atoms with E-state index in [1.54, 1.807) is 0 Å². The summed E-state index contributed by atoms with van der Waals surface area (Å²) < 4.78 is 0. The number of hydrogen-bond donors (Lipinski definition) is 2. The van der Waals surface area contributed by atoms with Crippen LogP contribution in [0.3, 0.4) is 0 Å². The minimum atomic E-state index is 0.0497. The fourth-order valence-corrected chi connectivity index (χ4v) is 1.49. The van der Waals surface area contributed by atoms with Crippen LogP contribution in [0.5, 0.6) is 0 Å². The molecule has 1 aromatic carbocycles. The predicted octanol–water partition coefficient (Wildman–Crippen LogP) is 3.34. The summed E-state index contributed by atoms with van der Waals surface area (Å²) >= 11 is 0. The first-order valence-electron chi connectivity index (χ1n) is 5.94. The molecule has 0 aliphatic carbocycles. The molecule has 0 saturated heterocycles. The summed E-state index contributed by atoms with van der Waals surface area (Å²) in [7, 11) is 0. The van der Waals surface area contributed by atoms with Crippen LogP contribution in [0, 0.1) is 12.3 Å². The van der Waals surface area contributed by atoms with Crippen LogP contribution in [0.2, 0.25) is 0 Å². The second-order valence-electron chi connectivity index (χ2n) is 5.63. The SMILES string of the molecule is Cc1c(N)cccc1NC(=O)CCC(C)(C)C. The molecule has 0 heterocycles. The van der Waals surface area contributed by atoms with E-state index in [2.05, 4.69) is 26.1 Å². The van der Waals surface area contributed by atoms with Crippen molar-refractivity contribution in [2.75, 3.05) is 11.1 Å². The highest BCUT2D eigenvalue weighted by molar-refractivity contribution is 5.92.